The molecule has 0 aliphatic carbocycles. The lowest BCUT2D eigenvalue weighted by molar-refractivity contribution is 0.650. The van der Waals surface area contributed by atoms with Crippen LogP contribution < -0.4 is 0 Å². The maximum absolute atomic E-state index is 9.92. The predicted molar refractivity (Wildman–Crippen MR) is 34.7 cm³/mol. The predicted octanol–water partition coefficient (Wildman–Crippen LogP) is 2.11. The monoisotopic (exact) mass is 113 g/mol. The van der Waals surface area contributed by atoms with Gasteiger partial charge in [0.25, 0.3) is 0 Å². The van der Waals surface area contributed by atoms with Gasteiger partial charge in [0.15, 0.2) is 0 Å². The molecule has 0 atom stereocenters. The molecule has 0 aromatic carbocycles. The van der Waals surface area contributed by atoms with Crippen LogP contribution in [0.25, 0.3) is 0 Å². The van der Waals surface area contributed by atoms with Crippen LogP contribution in [0.5, 0.6) is 0 Å². The maximum atomic E-state index is 9.92. The number of hydrogen-bond acceptors (Lipinski definition) is 2. The zero-order valence-corrected chi connectivity index (χ0v) is 5.51. The Bertz CT molecular complexity index is 105. The van der Waals surface area contributed by atoms with Crippen LogP contribution in [0.4, 0.5) is 0 Å². The van der Waals surface area contributed by atoms with Gasteiger partial charge in [0.1, 0.15) is 5.54 Å². The molecular weight excluding hydrogens is 102 g/mol. The van der Waals surface area contributed by atoms with E-state index in [1.807, 2.05) is 13.0 Å². The van der Waals surface area contributed by atoms with Gasteiger partial charge in [-0.2, -0.15) is 0 Å². The third-order valence-corrected chi connectivity index (χ3v) is 0.810. The van der Waals surface area contributed by atoms with Gasteiger partial charge in [-0.3, -0.25) is 0 Å². The zero-order chi connectivity index (χ0) is 6.62. The molecule has 0 bridgehead atoms. The number of nitroso groups, excluding NO2 is 1. The normalized spacial score (nSPS) is 12.4. The average Bonchev–Trinajstić information content (AvgIpc) is 1.67. The largest absolute Gasteiger partial charge is 0.150 e. The lowest BCUT2D eigenvalue weighted by atomic mass is 10.1. The van der Waals surface area contributed by atoms with E-state index in [0.717, 1.165) is 0 Å². The first-order valence-electron chi connectivity index (χ1n) is 2.61. The van der Waals surface area contributed by atoms with E-state index in [2.05, 4.69) is 5.18 Å². The summed E-state index contributed by atoms with van der Waals surface area (Å²) in [6, 6.07) is 0. The van der Waals surface area contributed by atoms with Gasteiger partial charge >= 0.3 is 0 Å². The Morgan fingerprint density at radius 3 is 2.12 bits per heavy atom. The third-order valence-electron chi connectivity index (χ3n) is 0.810. The SMILES string of the molecule is C/C=C/C(C)(C)N=O. The molecule has 0 radical (unpaired) electrons. The van der Waals surface area contributed by atoms with E-state index in [-0.39, 0.29) is 0 Å². The summed E-state index contributed by atoms with van der Waals surface area (Å²) in [5, 5.41) is 2.87. The third kappa shape index (κ3) is 2.50. The van der Waals surface area contributed by atoms with Crippen molar-refractivity contribution in [2.75, 3.05) is 0 Å². The molecule has 0 saturated heterocycles. The molecule has 46 valence electrons. The first-order chi connectivity index (χ1) is 3.62. The molecule has 0 fully saturated rings. The van der Waals surface area contributed by atoms with Crippen molar-refractivity contribution in [2.45, 2.75) is 26.3 Å². The van der Waals surface area contributed by atoms with Crippen LogP contribution in [0.3, 0.4) is 0 Å². The Morgan fingerprint density at radius 2 is 2.00 bits per heavy atom. The summed E-state index contributed by atoms with van der Waals surface area (Å²) < 4.78 is 0. The molecule has 0 rings (SSSR count). The summed E-state index contributed by atoms with van der Waals surface area (Å²) in [5.74, 6) is 0. The quantitative estimate of drug-likeness (QED) is 0.398. The Morgan fingerprint density at radius 1 is 1.50 bits per heavy atom. The lowest BCUT2D eigenvalue weighted by Crippen LogP contribution is -2.09. The summed E-state index contributed by atoms with van der Waals surface area (Å²) in [4.78, 5) is 9.92. The molecule has 0 spiro atoms. The standard InChI is InChI=1S/C6H11NO/c1-4-5-6(2,3)7-8/h4-5H,1-3H3/b5-4+. The van der Waals surface area contributed by atoms with Crippen LogP contribution in [0, 0.1) is 4.91 Å². The van der Waals surface area contributed by atoms with E-state index in [9.17, 15) is 4.91 Å². The molecule has 8 heavy (non-hydrogen) atoms. The summed E-state index contributed by atoms with van der Waals surface area (Å²) in [6.45, 7) is 5.40. The number of nitrogens with zero attached hydrogens (tertiary/aromatic N) is 1. The molecule has 2 nitrogen and oxygen atoms in total. The molecule has 0 aromatic rings. The summed E-state index contributed by atoms with van der Waals surface area (Å²) >= 11 is 0. The van der Waals surface area contributed by atoms with Gasteiger partial charge < -0.3 is 0 Å². The highest BCUT2D eigenvalue weighted by Gasteiger charge is 2.10. The minimum Gasteiger partial charge on any atom is -0.150 e. The van der Waals surface area contributed by atoms with Gasteiger partial charge in [-0.25, -0.2) is 0 Å². The smallest absolute Gasteiger partial charge is 0.115 e. The van der Waals surface area contributed by atoms with Crippen molar-refractivity contribution in [1.82, 2.24) is 0 Å². The molecule has 0 heterocycles. The minimum atomic E-state index is -0.519. The topological polar surface area (TPSA) is 29.4 Å². The zero-order valence-electron chi connectivity index (χ0n) is 5.51. The van der Waals surface area contributed by atoms with Crippen molar-refractivity contribution in [3.05, 3.63) is 17.1 Å². The Labute approximate surface area is 49.6 Å². The van der Waals surface area contributed by atoms with Crippen LogP contribution in [-0.4, -0.2) is 5.54 Å². The number of allylic oxidation sites excluding steroid dienone is 1. The lowest BCUT2D eigenvalue weighted by Gasteiger charge is -2.05. The van der Waals surface area contributed by atoms with E-state index in [1.165, 1.54) is 0 Å². The summed E-state index contributed by atoms with van der Waals surface area (Å²) in [5.41, 5.74) is -0.519. The second-order valence-electron chi connectivity index (χ2n) is 2.24. The van der Waals surface area contributed by atoms with Crippen LogP contribution in [0.2, 0.25) is 0 Å². The second kappa shape index (κ2) is 2.60. The second-order valence-corrected chi connectivity index (χ2v) is 2.24. The van der Waals surface area contributed by atoms with Gasteiger partial charge in [-0.05, 0) is 20.8 Å². The van der Waals surface area contributed by atoms with Crippen molar-refractivity contribution in [1.29, 1.82) is 0 Å². The Balaban J connectivity index is 3.90. The van der Waals surface area contributed by atoms with E-state index in [4.69, 9.17) is 0 Å². The average molecular weight is 113 g/mol. The fourth-order valence-electron chi connectivity index (χ4n) is 0.438. The first kappa shape index (κ1) is 7.34. The molecule has 0 N–H and O–H groups in total. The minimum absolute atomic E-state index is 0.519. The Kier molecular flexibility index (Phi) is 2.38. The van der Waals surface area contributed by atoms with Gasteiger partial charge in [0.05, 0.1) is 0 Å². The van der Waals surface area contributed by atoms with Crippen LogP contribution in [-0.2, 0) is 0 Å². The molecule has 2 heteroatoms. The van der Waals surface area contributed by atoms with Crippen molar-refractivity contribution in [2.24, 2.45) is 5.18 Å². The summed E-state index contributed by atoms with van der Waals surface area (Å²) in [7, 11) is 0. The highest BCUT2D eigenvalue weighted by Crippen LogP contribution is 2.08. The highest BCUT2D eigenvalue weighted by molar-refractivity contribution is 4.99. The van der Waals surface area contributed by atoms with Crippen molar-refractivity contribution in [3.63, 3.8) is 0 Å². The molecule has 0 amide bonds. The van der Waals surface area contributed by atoms with Gasteiger partial charge in [-0.1, -0.05) is 17.3 Å². The van der Waals surface area contributed by atoms with E-state index in [1.54, 1.807) is 19.9 Å². The first-order valence-corrected chi connectivity index (χ1v) is 2.61. The molecule has 0 aliphatic rings. The van der Waals surface area contributed by atoms with E-state index in [0.29, 0.717) is 0 Å². The Hall–Kier alpha value is -0.660. The molecule has 0 unspecified atom stereocenters. The molecular formula is C6H11NO. The van der Waals surface area contributed by atoms with Crippen molar-refractivity contribution >= 4 is 0 Å². The van der Waals surface area contributed by atoms with Gasteiger partial charge in [0, 0.05) is 0 Å². The van der Waals surface area contributed by atoms with Crippen LogP contribution >= 0.6 is 0 Å². The molecule has 0 saturated carbocycles. The van der Waals surface area contributed by atoms with Crippen LogP contribution in [0.15, 0.2) is 17.3 Å². The maximum Gasteiger partial charge on any atom is 0.115 e. The fourth-order valence-corrected chi connectivity index (χ4v) is 0.438. The summed E-state index contributed by atoms with van der Waals surface area (Å²) in [6.07, 6.45) is 3.58. The van der Waals surface area contributed by atoms with Crippen molar-refractivity contribution < 1.29 is 0 Å². The van der Waals surface area contributed by atoms with Crippen molar-refractivity contribution in [3.8, 4) is 0 Å². The van der Waals surface area contributed by atoms with E-state index >= 15 is 0 Å². The fraction of sp³-hybridized carbons (Fsp3) is 0.667. The number of rotatable bonds is 2. The van der Waals surface area contributed by atoms with E-state index < -0.39 is 5.54 Å². The molecule has 0 aliphatic heterocycles. The van der Waals surface area contributed by atoms with Crippen LogP contribution in [0.1, 0.15) is 20.8 Å². The molecule has 0 aromatic heterocycles. The van der Waals surface area contributed by atoms with Gasteiger partial charge in [0.2, 0.25) is 0 Å². The number of hydrogen-bond donors (Lipinski definition) is 0. The highest BCUT2D eigenvalue weighted by atomic mass is 16.3. The van der Waals surface area contributed by atoms with Gasteiger partial charge in [-0.15, -0.1) is 4.91 Å².